The Hall–Kier alpha value is -1.00. The van der Waals surface area contributed by atoms with Gasteiger partial charge in [-0.05, 0) is 12.8 Å². The third-order valence-corrected chi connectivity index (χ3v) is 12.1. The lowest BCUT2D eigenvalue weighted by molar-refractivity contribution is -0.353. The van der Waals surface area contributed by atoms with E-state index in [9.17, 15) is 53.8 Å². The number of carbonyl (C=O) groups is 2. The van der Waals surface area contributed by atoms with Crippen molar-refractivity contribution in [1.82, 2.24) is 0 Å². The molecule has 0 aromatic carbocycles. The fourth-order valence-electron chi connectivity index (χ4n) is 7.13. The first-order chi connectivity index (χ1) is 28.1. The predicted octanol–water partition coefficient (Wildman–Crippen LogP) is 5.95. The molecule has 16 nitrogen and oxygen atoms in total. The Kier molecular flexibility index (Phi) is 31.8. The molecule has 1 fully saturated rings. The van der Waals surface area contributed by atoms with Gasteiger partial charge in [-0.2, -0.15) is 0 Å². The second-order valence-electron chi connectivity index (χ2n) is 16.1. The molecule has 1 aliphatic rings. The van der Waals surface area contributed by atoms with E-state index in [0.29, 0.717) is 12.8 Å². The smallest absolute Gasteiger partial charge is 0.306 e. The van der Waals surface area contributed by atoms with E-state index in [1.807, 2.05) is 0 Å². The summed E-state index contributed by atoms with van der Waals surface area (Å²) in [5, 5.41) is 41.1. The molecule has 8 atom stereocenters. The lowest BCUT2D eigenvalue weighted by Crippen LogP contribution is -2.65. The maximum Gasteiger partial charge on any atom is 0.306 e. The molecule has 18 heteroatoms. The summed E-state index contributed by atoms with van der Waals surface area (Å²) in [5.41, 5.74) is 0. The first-order valence-corrected chi connectivity index (χ1v) is 25.5. The van der Waals surface area contributed by atoms with Gasteiger partial charge < -0.3 is 62.7 Å². The van der Waals surface area contributed by atoms with Crippen LogP contribution in [0.2, 0.25) is 0 Å². The molecule has 0 aromatic heterocycles. The molecule has 1 saturated carbocycles. The zero-order valence-corrected chi connectivity index (χ0v) is 37.6. The number of phosphoric acid groups is 2. The SMILES string of the molecule is CCCCCCCCCCCCCCCC(=O)OC[C@H](COP(=O)([O-])OC1[C@H](O)[C@H](O)C(OP(=O)([O-])[O-])[C@H](O)[C@H]1O)OC(=O)CCCCCCCCCCCCCCC. The van der Waals surface area contributed by atoms with E-state index >= 15 is 0 Å². The average molecular weight is 888 g/mol. The predicted molar refractivity (Wildman–Crippen MR) is 216 cm³/mol. The Morgan fingerprint density at radius 1 is 0.492 bits per heavy atom. The zero-order valence-electron chi connectivity index (χ0n) is 35.8. The largest absolute Gasteiger partial charge is 0.790 e. The van der Waals surface area contributed by atoms with Crippen LogP contribution in [-0.4, -0.2) is 88.3 Å². The molecule has 0 saturated heterocycles. The van der Waals surface area contributed by atoms with Crippen LogP contribution in [0.15, 0.2) is 0 Å². The lowest BCUT2D eigenvalue weighted by atomic mass is 9.85. The van der Waals surface area contributed by atoms with E-state index in [0.717, 1.165) is 51.4 Å². The number of phosphoric ester groups is 2. The lowest BCUT2D eigenvalue weighted by Gasteiger charge is -2.47. The van der Waals surface area contributed by atoms with Crippen molar-refractivity contribution in [3.05, 3.63) is 0 Å². The second kappa shape index (κ2) is 33.5. The number of aliphatic hydroxyl groups excluding tert-OH is 4. The summed E-state index contributed by atoms with van der Waals surface area (Å²) in [7, 11) is -11.3. The molecule has 0 amide bonds. The molecule has 350 valence electrons. The molecule has 1 rings (SSSR count). The van der Waals surface area contributed by atoms with Gasteiger partial charge in [0.15, 0.2) is 6.10 Å². The van der Waals surface area contributed by atoms with E-state index in [1.54, 1.807) is 0 Å². The van der Waals surface area contributed by atoms with Crippen molar-refractivity contribution in [2.45, 2.75) is 236 Å². The molecule has 0 spiro atoms. The van der Waals surface area contributed by atoms with Crippen LogP contribution in [0.5, 0.6) is 0 Å². The summed E-state index contributed by atoms with van der Waals surface area (Å²) in [6.45, 7) is 3.00. The quantitative estimate of drug-likeness (QED) is 0.0317. The highest BCUT2D eigenvalue weighted by Crippen LogP contribution is 2.44. The van der Waals surface area contributed by atoms with Crippen molar-refractivity contribution in [1.29, 1.82) is 0 Å². The minimum atomic E-state index is -5.81. The minimum absolute atomic E-state index is 0.0336. The Morgan fingerprint density at radius 3 is 1.17 bits per heavy atom. The van der Waals surface area contributed by atoms with Crippen LogP contribution in [0.3, 0.4) is 0 Å². The Morgan fingerprint density at radius 2 is 0.814 bits per heavy atom. The molecule has 0 heterocycles. The third-order valence-electron chi connectivity index (χ3n) is 10.7. The maximum absolute atomic E-state index is 12.8. The van der Waals surface area contributed by atoms with Gasteiger partial charge in [0.05, 0.1) is 14.4 Å². The number of esters is 2. The molecule has 0 aliphatic heterocycles. The molecule has 1 aliphatic carbocycles. The minimum Gasteiger partial charge on any atom is -0.790 e. The first-order valence-electron chi connectivity index (χ1n) is 22.5. The Balaban J connectivity index is 2.59. The molecular formula is C41H77O16P2-3. The standard InChI is InChI=1S/C41H80O16P2/c1-3-5-7-9-11-13-15-17-19-21-23-25-27-29-34(42)53-31-33(55-35(43)30-28-26-24-22-20-18-16-14-12-10-8-6-4-2)32-54-59(51,52)57-41-38(46)36(44)40(37(45)39(41)47)56-58(48,49)50/h33,36-41,44-47H,3-32H2,1-2H3,(H,51,52)(H2,48,49,50)/p-3/t33-,36-,37+,38-,39-,40?,41?/m1/s1. The monoisotopic (exact) mass is 887 g/mol. The van der Waals surface area contributed by atoms with Gasteiger partial charge in [0.25, 0.3) is 7.82 Å². The first kappa shape index (κ1) is 56.0. The highest BCUT2D eigenvalue weighted by molar-refractivity contribution is 7.45. The van der Waals surface area contributed by atoms with Crippen molar-refractivity contribution < 1.29 is 76.9 Å². The summed E-state index contributed by atoms with van der Waals surface area (Å²) >= 11 is 0. The number of hydrogen-bond donors (Lipinski definition) is 4. The molecular weight excluding hydrogens is 810 g/mol. The molecule has 3 unspecified atom stereocenters. The third kappa shape index (κ3) is 28.3. The van der Waals surface area contributed by atoms with Gasteiger partial charge in [0.1, 0.15) is 43.2 Å². The van der Waals surface area contributed by atoms with Crippen molar-refractivity contribution in [3.63, 3.8) is 0 Å². The van der Waals surface area contributed by atoms with E-state index in [1.165, 1.54) is 103 Å². The molecule has 0 aromatic rings. The molecule has 0 bridgehead atoms. The summed E-state index contributed by atoms with van der Waals surface area (Å²) in [4.78, 5) is 60.1. The number of carbonyl (C=O) groups excluding carboxylic acids is 2. The summed E-state index contributed by atoms with van der Waals surface area (Å²) in [5.74, 6) is -1.23. The van der Waals surface area contributed by atoms with Crippen LogP contribution >= 0.6 is 15.6 Å². The van der Waals surface area contributed by atoms with Gasteiger partial charge in [-0.3, -0.25) is 14.2 Å². The normalized spacial score (nSPS) is 22.5. The second-order valence-corrected chi connectivity index (χ2v) is 18.5. The summed E-state index contributed by atoms with van der Waals surface area (Å²) in [6, 6.07) is 0. The number of ether oxygens (including phenoxy) is 2. The van der Waals surface area contributed by atoms with Crippen molar-refractivity contribution in [2.24, 2.45) is 0 Å². The van der Waals surface area contributed by atoms with Crippen LogP contribution in [0.4, 0.5) is 0 Å². The Labute approximate surface area is 353 Å². The summed E-state index contributed by atoms with van der Waals surface area (Å²) in [6.07, 6.45) is 14.1. The van der Waals surface area contributed by atoms with Gasteiger partial charge >= 0.3 is 11.9 Å². The van der Waals surface area contributed by atoms with E-state index in [2.05, 4.69) is 18.4 Å². The zero-order chi connectivity index (χ0) is 43.9. The van der Waals surface area contributed by atoms with Gasteiger partial charge in [-0.15, -0.1) is 0 Å². The van der Waals surface area contributed by atoms with Crippen LogP contribution in [-0.2, 0) is 41.8 Å². The molecule has 0 radical (unpaired) electrons. The van der Waals surface area contributed by atoms with Crippen LogP contribution in [0, 0.1) is 0 Å². The van der Waals surface area contributed by atoms with Crippen molar-refractivity contribution in [3.8, 4) is 0 Å². The Bertz CT molecular complexity index is 1160. The van der Waals surface area contributed by atoms with Gasteiger partial charge in [-0.1, -0.05) is 168 Å². The van der Waals surface area contributed by atoms with E-state index in [-0.39, 0.29) is 12.8 Å². The van der Waals surface area contributed by atoms with Gasteiger partial charge in [-0.25, -0.2) is 0 Å². The maximum atomic E-state index is 12.8. The average Bonchev–Trinajstić information content (AvgIpc) is 3.18. The topological polar surface area (TPSA) is 265 Å². The van der Waals surface area contributed by atoms with Crippen molar-refractivity contribution in [2.75, 3.05) is 13.2 Å². The van der Waals surface area contributed by atoms with Crippen molar-refractivity contribution >= 4 is 27.6 Å². The van der Waals surface area contributed by atoms with Crippen LogP contribution < -0.4 is 14.7 Å². The van der Waals surface area contributed by atoms with Crippen LogP contribution in [0.25, 0.3) is 0 Å². The number of unbranched alkanes of at least 4 members (excludes halogenated alkanes) is 24. The number of rotatable bonds is 38. The molecule has 4 N–H and O–H groups in total. The molecule has 59 heavy (non-hydrogen) atoms. The summed E-state index contributed by atoms with van der Waals surface area (Å²) < 4.78 is 48.1. The van der Waals surface area contributed by atoms with Gasteiger partial charge in [0.2, 0.25) is 0 Å². The fourth-order valence-corrected chi connectivity index (χ4v) is 8.63. The highest BCUT2D eigenvalue weighted by atomic mass is 31.2. The van der Waals surface area contributed by atoms with E-state index < -0.39 is 83.5 Å². The highest BCUT2D eigenvalue weighted by Gasteiger charge is 2.51. The van der Waals surface area contributed by atoms with Gasteiger partial charge in [0, 0.05) is 12.8 Å². The fraction of sp³-hybridized carbons (Fsp3) is 0.951. The number of aliphatic hydroxyl groups is 4. The van der Waals surface area contributed by atoms with Crippen LogP contribution in [0.1, 0.15) is 194 Å². The number of hydrogen-bond acceptors (Lipinski definition) is 16. The van der Waals surface area contributed by atoms with E-state index in [4.69, 9.17) is 18.5 Å².